The molecule has 1 aromatic heterocycles. The minimum absolute atomic E-state index is 0.0683. The lowest BCUT2D eigenvalue weighted by atomic mass is 10.2. The summed E-state index contributed by atoms with van der Waals surface area (Å²) in [5.41, 5.74) is 0.804. The Kier molecular flexibility index (Phi) is 6.40. The first-order valence-electron chi connectivity index (χ1n) is 10.4. The van der Waals surface area contributed by atoms with Gasteiger partial charge in [-0.2, -0.15) is 0 Å². The second-order valence-electron chi connectivity index (χ2n) is 7.75. The molecule has 1 fully saturated rings. The summed E-state index contributed by atoms with van der Waals surface area (Å²) in [5.74, 6) is 3.49. The average Bonchev–Trinajstić information content (AvgIpc) is 3.48. The van der Waals surface area contributed by atoms with E-state index in [4.69, 9.17) is 18.6 Å². The standard InChI is InChI=1S/C24H26N2O5/c1-16(26-17(2)27)14-28-20-10-8-19(9-11-20)24-25-13-23(31-24)30-22-5-3-4-21(12-22)29-15-18-6-7-18/h3-5,8-13,16,18H,6-7,14-15H2,1-2H3,(H,26,27)/t16-/m0/s1. The number of nitrogens with zero attached hydrogens (tertiary/aromatic N) is 1. The van der Waals surface area contributed by atoms with Crippen LogP contribution in [-0.4, -0.2) is 30.1 Å². The molecule has 1 aliphatic rings. The van der Waals surface area contributed by atoms with E-state index in [1.54, 1.807) is 6.20 Å². The van der Waals surface area contributed by atoms with Gasteiger partial charge in [0.2, 0.25) is 11.8 Å². The van der Waals surface area contributed by atoms with Crippen molar-refractivity contribution in [1.29, 1.82) is 0 Å². The number of ether oxygens (including phenoxy) is 3. The highest BCUT2D eigenvalue weighted by Gasteiger charge is 2.22. The monoisotopic (exact) mass is 422 g/mol. The van der Waals surface area contributed by atoms with Gasteiger partial charge in [0.15, 0.2) is 0 Å². The van der Waals surface area contributed by atoms with E-state index in [0.717, 1.165) is 17.9 Å². The molecule has 1 aliphatic carbocycles. The van der Waals surface area contributed by atoms with Gasteiger partial charge in [-0.1, -0.05) is 6.07 Å². The fourth-order valence-corrected chi connectivity index (χ4v) is 2.99. The molecule has 0 saturated heterocycles. The van der Waals surface area contributed by atoms with E-state index in [0.29, 0.717) is 35.9 Å². The van der Waals surface area contributed by atoms with Crippen molar-refractivity contribution in [3.05, 3.63) is 54.7 Å². The van der Waals surface area contributed by atoms with E-state index in [1.807, 2.05) is 55.5 Å². The number of carbonyl (C=O) groups is 1. The van der Waals surface area contributed by atoms with Crippen LogP contribution in [0.5, 0.6) is 23.2 Å². The lowest BCUT2D eigenvalue weighted by molar-refractivity contribution is -0.119. The minimum atomic E-state index is -0.0779. The summed E-state index contributed by atoms with van der Waals surface area (Å²) in [6.45, 7) is 4.51. The highest BCUT2D eigenvalue weighted by Crippen LogP contribution is 2.32. The topological polar surface area (TPSA) is 82.8 Å². The Hall–Kier alpha value is -3.48. The van der Waals surface area contributed by atoms with E-state index < -0.39 is 0 Å². The fourth-order valence-electron chi connectivity index (χ4n) is 2.99. The molecule has 31 heavy (non-hydrogen) atoms. The molecule has 2 aromatic carbocycles. The van der Waals surface area contributed by atoms with Gasteiger partial charge in [-0.25, -0.2) is 4.98 Å². The van der Waals surface area contributed by atoms with E-state index >= 15 is 0 Å². The second-order valence-corrected chi connectivity index (χ2v) is 7.75. The summed E-state index contributed by atoms with van der Waals surface area (Å²) >= 11 is 0. The first kappa shape index (κ1) is 20.8. The predicted molar refractivity (Wildman–Crippen MR) is 115 cm³/mol. The molecule has 7 heteroatoms. The average molecular weight is 422 g/mol. The van der Waals surface area contributed by atoms with Crippen LogP contribution in [-0.2, 0) is 4.79 Å². The summed E-state index contributed by atoms with van der Waals surface area (Å²) in [6, 6.07) is 14.8. The Morgan fingerprint density at radius 3 is 2.65 bits per heavy atom. The van der Waals surface area contributed by atoms with Gasteiger partial charge in [-0.3, -0.25) is 4.79 Å². The maximum atomic E-state index is 11.1. The van der Waals surface area contributed by atoms with Gasteiger partial charge in [0, 0.05) is 18.6 Å². The third-order valence-electron chi connectivity index (χ3n) is 4.74. The summed E-state index contributed by atoms with van der Waals surface area (Å²) in [7, 11) is 0. The number of hydrogen-bond acceptors (Lipinski definition) is 6. The zero-order valence-corrected chi connectivity index (χ0v) is 17.7. The van der Waals surface area contributed by atoms with Crippen molar-refractivity contribution in [3.63, 3.8) is 0 Å². The number of benzene rings is 2. The van der Waals surface area contributed by atoms with Gasteiger partial charge in [0.05, 0.1) is 12.6 Å². The molecular formula is C24H26N2O5. The molecule has 1 atom stereocenters. The fraction of sp³-hybridized carbons (Fsp3) is 0.333. The lowest BCUT2D eigenvalue weighted by Crippen LogP contribution is -2.35. The van der Waals surface area contributed by atoms with Crippen molar-refractivity contribution in [2.24, 2.45) is 5.92 Å². The maximum Gasteiger partial charge on any atom is 0.311 e. The van der Waals surface area contributed by atoms with Crippen molar-refractivity contribution < 1.29 is 23.4 Å². The van der Waals surface area contributed by atoms with Crippen LogP contribution in [0.4, 0.5) is 0 Å². The Morgan fingerprint density at radius 1 is 1.13 bits per heavy atom. The number of nitrogens with one attached hydrogen (secondary N) is 1. The highest BCUT2D eigenvalue weighted by molar-refractivity contribution is 5.73. The third kappa shape index (κ3) is 6.25. The summed E-state index contributed by atoms with van der Waals surface area (Å²) in [4.78, 5) is 15.4. The first-order chi connectivity index (χ1) is 15.0. The SMILES string of the molecule is CC(=O)N[C@@H](C)COc1ccc(-c2ncc(Oc3cccc(OCC4CC4)c3)o2)cc1. The van der Waals surface area contributed by atoms with Crippen LogP contribution >= 0.6 is 0 Å². The van der Waals surface area contributed by atoms with Gasteiger partial charge in [0.1, 0.15) is 30.1 Å². The van der Waals surface area contributed by atoms with Crippen LogP contribution in [0.25, 0.3) is 11.5 Å². The van der Waals surface area contributed by atoms with Crippen LogP contribution in [0, 0.1) is 5.92 Å². The van der Waals surface area contributed by atoms with Gasteiger partial charge >= 0.3 is 5.95 Å². The van der Waals surface area contributed by atoms with Crippen molar-refractivity contribution in [1.82, 2.24) is 10.3 Å². The van der Waals surface area contributed by atoms with E-state index in [-0.39, 0.29) is 11.9 Å². The Balaban J connectivity index is 1.33. The number of amides is 1. The van der Waals surface area contributed by atoms with Crippen molar-refractivity contribution >= 4 is 5.91 Å². The number of hydrogen-bond donors (Lipinski definition) is 1. The largest absolute Gasteiger partial charge is 0.493 e. The molecule has 4 rings (SSSR count). The third-order valence-corrected chi connectivity index (χ3v) is 4.74. The van der Waals surface area contributed by atoms with Crippen LogP contribution < -0.4 is 19.5 Å². The smallest absolute Gasteiger partial charge is 0.311 e. The van der Waals surface area contributed by atoms with Gasteiger partial charge < -0.3 is 23.9 Å². The van der Waals surface area contributed by atoms with E-state index in [1.165, 1.54) is 19.8 Å². The Morgan fingerprint density at radius 2 is 1.90 bits per heavy atom. The summed E-state index contributed by atoms with van der Waals surface area (Å²) < 4.78 is 23.0. The molecular weight excluding hydrogens is 396 g/mol. The maximum absolute atomic E-state index is 11.1. The molecule has 1 amide bonds. The van der Waals surface area contributed by atoms with Crippen LogP contribution in [0.15, 0.2) is 59.1 Å². The van der Waals surface area contributed by atoms with Crippen molar-refractivity contribution in [2.75, 3.05) is 13.2 Å². The minimum Gasteiger partial charge on any atom is -0.493 e. The number of rotatable bonds is 10. The molecule has 1 heterocycles. The normalized spacial score (nSPS) is 14.0. The molecule has 0 aliphatic heterocycles. The Labute approximate surface area is 181 Å². The molecule has 1 N–H and O–H groups in total. The quantitative estimate of drug-likeness (QED) is 0.504. The molecule has 0 bridgehead atoms. The second kappa shape index (κ2) is 9.55. The number of oxazole rings is 1. The van der Waals surface area contributed by atoms with Crippen LogP contribution in [0.2, 0.25) is 0 Å². The molecule has 0 unspecified atom stereocenters. The number of aromatic nitrogens is 1. The summed E-state index contributed by atoms with van der Waals surface area (Å²) in [5, 5.41) is 2.78. The molecule has 1 saturated carbocycles. The molecule has 3 aromatic rings. The first-order valence-corrected chi connectivity index (χ1v) is 10.4. The zero-order chi connectivity index (χ0) is 21.6. The molecule has 7 nitrogen and oxygen atoms in total. The van der Waals surface area contributed by atoms with Crippen molar-refractivity contribution in [2.45, 2.75) is 32.7 Å². The van der Waals surface area contributed by atoms with Crippen molar-refractivity contribution in [3.8, 4) is 34.6 Å². The predicted octanol–water partition coefficient (Wildman–Crippen LogP) is 4.83. The van der Waals surface area contributed by atoms with E-state index in [2.05, 4.69) is 10.3 Å². The summed E-state index contributed by atoms with van der Waals surface area (Å²) in [6.07, 6.45) is 4.05. The van der Waals surface area contributed by atoms with Crippen LogP contribution in [0.3, 0.4) is 0 Å². The molecule has 0 radical (unpaired) electrons. The zero-order valence-electron chi connectivity index (χ0n) is 17.7. The van der Waals surface area contributed by atoms with Gasteiger partial charge in [-0.15, -0.1) is 0 Å². The lowest BCUT2D eigenvalue weighted by Gasteiger charge is -2.13. The highest BCUT2D eigenvalue weighted by atomic mass is 16.6. The van der Waals surface area contributed by atoms with E-state index in [9.17, 15) is 4.79 Å². The Bertz CT molecular complexity index is 1010. The van der Waals surface area contributed by atoms with Crippen LogP contribution in [0.1, 0.15) is 26.7 Å². The molecule has 162 valence electrons. The number of carbonyl (C=O) groups excluding carboxylic acids is 1. The van der Waals surface area contributed by atoms with Gasteiger partial charge in [-0.05, 0) is 62.1 Å². The van der Waals surface area contributed by atoms with Gasteiger partial charge in [0.25, 0.3) is 0 Å². The molecule has 0 spiro atoms.